The highest BCUT2D eigenvalue weighted by molar-refractivity contribution is 5.26. The monoisotopic (exact) mass is 244 g/mol. The van der Waals surface area contributed by atoms with Crippen molar-refractivity contribution in [3.8, 4) is 0 Å². The van der Waals surface area contributed by atoms with E-state index in [9.17, 15) is 0 Å². The lowest BCUT2D eigenvalue weighted by molar-refractivity contribution is 0.526. The van der Waals surface area contributed by atoms with Crippen LogP contribution in [0.15, 0.2) is 30.6 Å². The second-order valence-corrected chi connectivity index (χ2v) is 4.62. The first-order chi connectivity index (χ1) is 8.70. The van der Waals surface area contributed by atoms with Crippen LogP contribution in [-0.4, -0.2) is 27.9 Å². The Kier molecular flexibility index (Phi) is 4.10. The summed E-state index contributed by atoms with van der Waals surface area (Å²) in [6.07, 6.45) is 3.51. The van der Waals surface area contributed by atoms with Crippen molar-refractivity contribution in [2.75, 3.05) is 7.05 Å². The highest BCUT2D eigenvalue weighted by Crippen LogP contribution is 2.11. The predicted octanol–water partition coefficient (Wildman–Crippen LogP) is 1.50. The second kappa shape index (κ2) is 5.78. The van der Waals surface area contributed by atoms with E-state index in [1.165, 1.54) is 11.1 Å². The summed E-state index contributed by atoms with van der Waals surface area (Å²) in [5.74, 6) is 1.02. The van der Waals surface area contributed by atoms with Crippen LogP contribution in [0.2, 0.25) is 0 Å². The van der Waals surface area contributed by atoms with Gasteiger partial charge in [0.15, 0.2) is 0 Å². The lowest BCUT2D eigenvalue weighted by Gasteiger charge is -2.16. The van der Waals surface area contributed by atoms with Crippen LogP contribution in [0.25, 0.3) is 0 Å². The summed E-state index contributed by atoms with van der Waals surface area (Å²) >= 11 is 0. The van der Waals surface area contributed by atoms with E-state index in [0.717, 1.165) is 18.7 Å². The number of likely N-dealkylation sites (N-methyl/N-ethyl adjacent to an activating group) is 1. The van der Waals surface area contributed by atoms with Crippen LogP contribution in [0, 0.1) is 6.92 Å². The van der Waals surface area contributed by atoms with E-state index in [2.05, 4.69) is 46.6 Å². The minimum atomic E-state index is 0.383. The Morgan fingerprint density at radius 1 is 1.28 bits per heavy atom. The van der Waals surface area contributed by atoms with Gasteiger partial charge in [-0.05, 0) is 31.5 Å². The first-order valence-electron chi connectivity index (χ1n) is 6.25. The van der Waals surface area contributed by atoms with Crippen LogP contribution in [0.1, 0.15) is 17.0 Å². The molecule has 4 nitrogen and oxygen atoms in total. The van der Waals surface area contributed by atoms with E-state index in [1.807, 2.05) is 18.8 Å². The molecule has 4 heteroatoms. The van der Waals surface area contributed by atoms with Crippen molar-refractivity contribution in [2.45, 2.75) is 25.8 Å². The van der Waals surface area contributed by atoms with Gasteiger partial charge in [0.2, 0.25) is 0 Å². The molecule has 0 saturated carbocycles. The van der Waals surface area contributed by atoms with E-state index < -0.39 is 0 Å². The summed E-state index contributed by atoms with van der Waals surface area (Å²) in [5.41, 5.74) is 2.73. The number of aryl methyl sites for hydroxylation is 2. The van der Waals surface area contributed by atoms with Crippen LogP contribution in [0.3, 0.4) is 0 Å². The zero-order chi connectivity index (χ0) is 13.0. The minimum Gasteiger partial charge on any atom is -0.316 e. The quantitative estimate of drug-likeness (QED) is 0.866. The van der Waals surface area contributed by atoms with E-state index in [1.54, 1.807) is 6.33 Å². The SMILES string of the molecule is CNC(Cc1ccccc1C)Cc1ncnn1C. The molecule has 0 spiro atoms. The average Bonchev–Trinajstić information content (AvgIpc) is 2.77. The number of nitrogens with zero attached hydrogens (tertiary/aromatic N) is 3. The molecule has 0 aliphatic carbocycles. The van der Waals surface area contributed by atoms with Gasteiger partial charge in [-0.1, -0.05) is 24.3 Å². The van der Waals surface area contributed by atoms with Crippen molar-refractivity contribution in [3.05, 3.63) is 47.5 Å². The van der Waals surface area contributed by atoms with Gasteiger partial charge < -0.3 is 5.32 Å². The topological polar surface area (TPSA) is 42.7 Å². The van der Waals surface area contributed by atoms with E-state index in [0.29, 0.717) is 6.04 Å². The highest BCUT2D eigenvalue weighted by atomic mass is 15.3. The Bertz CT molecular complexity index is 504. The molecular formula is C14H20N4. The summed E-state index contributed by atoms with van der Waals surface area (Å²) in [4.78, 5) is 4.28. The maximum absolute atomic E-state index is 4.28. The molecule has 18 heavy (non-hydrogen) atoms. The first kappa shape index (κ1) is 12.8. The lowest BCUT2D eigenvalue weighted by Crippen LogP contribution is -2.31. The van der Waals surface area contributed by atoms with Gasteiger partial charge in [0.05, 0.1) is 0 Å². The molecular weight excluding hydrogens is 224 g/mol. The Morgan fingerprint density at radius 3 is 2.67 bits per heavy atom. The van der Waals surface area contributed by atoms with Gasteiger partial charge in [-0.15, -0.1) is 0 Å². The largest absolute Gasteiger partial charge is 0.316 e. The van der Waals surface area contributed by atoms with Gasteiger partial charge in [0.1, 0.15) is 12.2 Å². The third kappa shape index (κ3) is 2.96. The predicted molar refractivity (Wildman–Crippen MR) is 72.4 cm³/mol. The van der Waals surface area contributed by atoms with Gasteiger partial charge in [0, 0.05) is 19.5 Å². The molecule has 1 N–H and O–H groups in total. The van der Waals surface area contributed by atoms with Gasteiger partial charge >= 0.3 is 0 Å². The molecule has 1 unspecified atom stereocenters. The third-order valence-corrected chi connectivity index (χ3v) is 3.37. The molecule has 1 aromatic carbocycles. The van der Waals surface area contributed by atoms with E-state index in [4.69, 9.17) is 0 Å². The Hall–Kier alpha value is -1.68. The second-order valence-electron chi connectivity index (χ2n) is 4.62. The number of aromatic nitrogens is 3. The van der Waals surface area contributed by atoms with E-state index >= 15 is 0 Å². The van der Waals surface area contributed by atoms with Gasteiger partial charge in [-0.25, -0.2) is 4.98 Å². The minimum absolute atomic E-state index is 0.383. The normalized spacial score (nSPS) is 12.6. The van der Waals surface area contributed by atoms with Crippen molar-refractivity contribution >= 4 is 0 Å². The number of hydrogen-bond acceptors (Lipinski definition) is 3. The highest BCUT2D eigenvalue weighted by Gasteiger charge is 2.12. The summed E-state index contributed by atoms with van der Waals surface area (Å²) in [6.45, 7) is 2.16. The number of rotatable bonds is 5. The smallest absolute Gasteiger partial charge is 0.138 e. The molecule has 1 heterocycles. The third-order valence-electron chi connectivity index (χ3n) is 3.37. The molecule has 1 atom stereocenters. The van der Waals surface area contributed by atoms with Crippen LogP contribution in [-0.2, 0) is 19.9 Å². The average molecular weight is 244 g/mol. The summed E-state index contributed by atoms with van der Waals surface area (Å²) < 4.78 is 1.84. The fraction of sp³-hybridized carbons (Fsp3) is 0.429. The maximum atomic E-state index is 4.28. The maximum Gasteiger partial charge on any atom is 0.138 e. The molecule has 0 aliphatic heterocycles. The fourth-order valence-corrected chi connectivity index (χ4v) is 2.11. The zero-order valence-corrected chi connectivity index (χ0v) is 11.2. The molecule has 96 valence electrons. The Labute approximate surface area is 108 Å². The van der Waals surface area contributed by atoms with Crippen LogP contribution in [0.5, 0.6) is 0 Å². The van der Waals surface area contributed by atoms with E-state index in [-0.39, 0.29) is 0 Å². The first-order valence-corrected chi connectivity index (χ1v) is 6.25. The summed E-state index contributed by atoms with van der Waals surface area (Å²) in [6, 6.07) is 8.91. The summed E-state index contributed by atoms with van der Waals surface area (Å²) in [5, 5.41) is 7.47. The molecule has 2 rings (SSSR count). The van der Waals surface area contributed by atoms with Crippen molar-refractivity contribution < 1.29 is 0 Å². The number of benzene rings is 1. The van der Waals surface area contributed by atoms with Gasteiger partial charge in [-0.3, -0.25) is 4.68 Å². The zero-order valence-electron chi connectivity index (χ0n) is 11.2. The standard InChI is InChI=1S/C14H20N4/c1-11-6-4-5-7-12(11)8-13(15-2)9-14-16-10-17-18(14)3/h4-7,10,13,15H,8-9H2,1-3H3. The van der Waals surface area contributed by atoms with Crippen molar-refractivity contribution in [1.29, 1.82) is 0 Å². The molecule has 0 radical (unpaired) electrons. The van der Waals surface area contributed by atoms with Crippen LogP contribution >= 0.6 is 0 Å². The lowest BCUT2D eigenvalue weighted by atomic mass is 9.99. The van der Waals surface area contributed by atoms with Gasteiger partial charge in [0.25, 0.3) is 0 Å². The van der Waals surface area contributed by atoms with Gasteiger partial charge in [-0.2, -0.15) is 5.10 Å². The number of nitrogens with one attached hydrogen (secondary N) is 1. The van der Waals surface area contributed by atoms with Crippen LogP contribution in [0.4, 0.5) is 0 Å². The molecule has 0 saturated heterocycles. The molecule has 1 aromatic heterocycles. The van der Waals surface area contributed by atoms with Crippen molar-refractivity contribution in [2.24, 2.45) is 7.05 Å². The molecule has 0 amide bonds. The van der Waals surface area contributed by atoms with Crippen molar-refractivity contribution in [1.82, 2.24) is 20.1 Å². The molecule has 2 aromatic rings. The molecule has 0 bridgehead atoms. The van der Waals surface area contributed by atoms with Crippen molar-refractivity contribution in [3.63, 3.8) is 0 Å². The molecule has 0 fully saturated rings. The van der Waals surface area contributed by atoms with Crippen LogP contribution < -0.4 is 5.32 Å². The molecule has 0 aliphatic rings. The Balaban J connectivity index is 2.06. The summed E-state index contributed by atoms with van der Waals surface area (Å²) in [7, 11) is 3.93. The number of hydrogen-bond donors (Lipinski definition) is 1. The Morgan fingerprint density at radius 2 is 2.06 bits per heavy atom. The fourth-order valence-electron chi connectivity index (χ4n) is 2.11.